The average molecular weight is 267 g/mol. The number of pyridine rings is 1. The highest BCUT2D eigenvalue weighted by Gasteiger charge is 2.12. The van der Waals surface area contributed by atoms with Crippen molar-refractivity contribution in [3.05, 3.63) is 48.0 Å². The number of primary sulfonamides is 1. The molecule has 0 atom stereocenters. The summed E-state index contributed by atoms with van der Waals surface area (Å²) in [5.74, 6) is 0.521. The summed E-state index contributed by atoms with van der Waals surface area (Å²) in [4.78, 5) is 3.92. The van der Waals surface area contributed by atoms with Crippen molar-refractivity contribution in [3.8, 4) is 0 Å². The Morgan fingerprint density at radius 3 is 2.50 bits per heavy atom. The molecule has 0 amide bonds. The average Bonchev–Trinajstić information content (AvgIpc) is 2.79. The maximum atomic E-state index is 11.0. The quantitative estimate of drug-likeness (QED) is 0.827. The number of sulfonamides is 1. The number of nitrogens with zero attached hydrogens (tertiary/aromatic N) is 1. The van der Waals surface area contributed by atoms with Crippen LogP contribution >= 0.6 is 0 Å². The lowest BCUT2D eigenvalue weighted by Gasteiger charge is -2.02. The van der Waals surface area contributed by atoms with Gasteiger partial charge in [0.05, 0.1) is 6.54 Å². The molecular weight excluding hydrogens is 254 g/mol. The van der Waals surface area contributed by atoms with Gasteiger partial charge in [0.25, 0.3) is 10.0 Å². The van der Waals surface area contributed by atoms with Gasteiger partial charge in [-0.05, 0) is 29.8 Å². The Morgan fingerprint density at radius 2 is 1.89 bits per heavy atom. The molecule has 0 aliphatic heterocycles. The third-order valence-electron chi connectivity index (χ3n) is 2.30. The van der Waals surface area contributed by atoms with Gasteiger partial charge >= 0.3 is 0 Å². The molecule has 0 saturated heterocycles. The lowest BCUT2D eigenvalue weighted by atomic mass is 10.3. The van der Waals surface area contributed by atoms with Crippen molar-refractivity contribution in [2.75, 3.05) is 0 Å². The van der Waals surface area contributed by atoms with E-state index in [1.54, 1.807) is 18.5 Å². The standard InChI is InChI=1S/C11H13N3O3S/c12-18(15,16)11-2-1-10(17-11)8-14-7-9-3-5-13-6-4-9/h1-6,14H,7-8H2,(H2,12,15,16). The first-order chi connectivity index (χ1) is 8.55. The van der Waals surface area contributed by atoms with E-state index < -0.39 is 10.0 Å². The van der Waals surface area contributed by atoms with Crippen LogP contribution in [-0.4, -0.2) is 13.4 Å². The molecular formula is C11H13N3O3S. The molecule has 0 fully saturated rings. The van der Waals surface area contributed by atoms with E-state index in [2.05, 4.69) is 10.3 Å². The van der Waals surface area contributed by atoms with E-state index in [4.69, 9.17) is 9.56 Å². The van der Waals surface area contributed by atoms with Crippen LogP contribution in [0.5, 0.6) is 0 Å². The van der Waals surface area contributed by atoms with Gasteiger partial charge in [-0.15, -0.1) is 0 Å². The molecule has 7 heteroatoms. The van der Waals surface area contributed by atoms with Crippen molar-refractivity contribution in [2.45, 2.75) is 18.2 Å². The predicted octanol–water partition coefficient (Wildman–Crippen LogP) is 0.612. The smallest absolute Gasteiger partial charge is 0.271 e. The van der Waals surface area contributed by atoms with Gasteiger partial charge < -0.3 is 9.73 Å². The second-order valence-corrected chi connectivity index (χ2v) is 5.22. The van der Waals surface area contributed by atoms with Gasteiger partial charge in [0.2, 0.25) is 5.09 Å². The van der Waals surface area contributed by atoms with Gasteiger partial charge in [0.1, 0.15) is 5.76 Å². The highest BCUT2D eigenvalue weighted by Crippen LogP contribution is 2.11. The summed E-state index contributed by atoms with van der Waals surface area (Å²) in [6.45, 7) is 1.08. The van der Waals surface area contributed by atoms with Crippen molar-refractivity contribution in [1.82, 2.24) is 10.3 Å². The van der Waals surface area contributed by atoms with Crippen LogP contribution in [0.2, 0.25) is 0 Å². The van der Waals surface area contributed by atoms with Crippen molar-refractivity contribution in [2.24, 2.45) is 5.14 Å². The molecule has 0 spiro atoms. The third kappa shape index (κ3) is 3.39. The van der Waals surface area contributed by atoms with Gasteiger partial charge in [0.15, 0.2) is 0 Å². The molecule has 2 aromatic rings. The monoisotopic (exact) mass is 267 g/mol. The molecule has 3 N–H and O–H groups in total. The number of hydrogen-bond donors (Lipinski definition) is 2. The fraction of sp³-hybridized carbons (Fsp3) is 0.182. The Balaban J connectivity index is 1.90. The van der Waals surface area contributed by atoms with Crippen LogP contribution in [0.25, 0.3) is 0 Å². The van der Waals surface area contributed by atoms with Crippen LogP contribution in [0.1, 0.15) is 11.3 Å². The molecule has 2 rings (SSSR count). The van der Waals surface area contributed by atoms with E-state index in [0.29, 0.717) is 18.8 Å². The zero-order chi connectivity index (χ0) is 13.0. The molecule has 2 heterocycles. The maximum absolute atomic E-state index is 11.0. The van der Waals surface area contributed by atoms with Crippen LogP contribution in [0, 0.1) is 0 Å². The minimum Gasteiger partial charge on any atom is -0.447 e. The molecule has 96 valence electrons. The predicted molar refractivity (Wildman–Crippen MR) is 64.9 cm³/mol. The molecule has 0 bridgehead atoms. The topological polar surface area (TPSA) is 98.2 Å². The summed E-state index contributed by atoms with van der Waals surface area (Å²) >= 11 is 0. The Hall–Kier alpha value is -1.70. The number of nitrogens with one attached hydrogen (secondary N) is 1. The lowest BCUT2D eigenvalue weighted by Crippen LogP contribution is -2.13. The molecule has 0 saturated carbocycles. The third-order valence-corrected chi connectivity index (χ3v) is 3.08. The van der Waals surface area contributed by atoms with Crippen LogP contribution in [0.4, 0.5) is 0 Å². The summed E-state index contributed by atoms with van der Waals surface area (Å²) in [6.07, 6.45) is 3.42. The Labute approximate surface area is 105 Å². The minimum atomic E-state index is -3.76. The minimum absolute atomic E-state index is 0.219. The van der Waals surface area contributed by atoms with Gasteiger partial charge in [-0.25, -0.2) is 13.6 Å². The van der Waals surface area contributed by atoms with Crippen molar-refractivity contribution in [3.63, 3.8) is 0 Å². The molecule has 0 unspecified atom stereocenters. The molecule has 0 radical (unpaired) electrons. The second kappa shape index (κ2) is 5.30. The molecule has 0 aromatic carbocycles. The van der Waals surface area contributed by atoms with Gasteiger partial charge in [0, 0.05) is 18.9 Å². The summed E-state index contributed by atoms with van der Waals surface area (Å²) in [5.41, 5.74) is 1.09. The van der Waals surface area contributed by atoms with Gasteiger partial charge in [-0.3, -0.25) is 4.98 Å². The summed E-state index contributed by atoms with van der Waals surface area (Å²) in [6, 6.07) is 6.72. The van der Waals surface area contributed by atoms with Crippen LogP contribution in [-0.2, 0) is 23.1 Å². The summed E-state index contributed by atoms with van der Waals surface area (Å²) in [5, 5.41) is 7.85. The molecule has 6 nitrogen and oxygen atoms in total. The molecule has 2 aromatic heterocycles. The Morgan fingerprint density at radius 1 is 1.17 bits per heavy atom. The van der Waals surface area contributed by atoms with E-state index >= 15 is 0 Å². The Bertz CT molecular complexity index is 607. The first-order valence-electron chi connectivity index (χ1n) is 5.27. The largest absolute Gasteiger partial charge is 0.447 e. The first-order valence-corrected chi connectivity index (χ1v) is 6.81. The van der Waals surface area contributed by atoms with Gasteiger partial charge in [-0.1, -0.05) is 0 Å². The molecule has 18 heavy (non-hydrogen) atoms. The van der Waals surface area contributed by atoms with Crippen molar-refractivity contribution >= 4 is 10.0 Å². The zero-order valence-corrected chi connectivity index (χ0v) is 10.4. The lowest BCUT2D eigenvalue weighted by molar-refractivity contribution is 0.402. The number of nitrogens with two attached hydrogens (primary N) is 1. The molecule has 0 aliphatic carbocycles. The molecule has 0 aliphatic rings. The highest BCUT2D eigenvalue weighted by atomic mass is 32.2. The van der Waals surface area contributed by atoms with Crippen LogP contribution in [0.15, 0.2) is 46.2 Å². The summed E-state index contributed by atoms with van der Waals surface area (Å²) in [7, 11) is -3.76. The van der Waals surface area contributed by atoms with Crippen LogP contribution < -0.4 is 10.5 Å². The number of hydrogen-bond acceptors (Lipinski definition) is 5. The van der Waals surface area contributed by atoms with Gasteiger partial charge in [-0.2, -0.15) is 0 Å². The van der Waals surface area contributed by atoms with E-state index in [0.717, 1.165) is 5.56 Å². The van der Waals surface area contributed by atoms with E-state index in [9.17, 15) is 8.42 Å². The SMILES string of the molecule is NS(=O)(=O)c1ccc(CNCc2ccncc2)o1. The fourth-order valence-corrected chi connectivity index (χ4v) is 1.92. The van der Waals surface area contributed by atoms with Crippen LogP contribution in [0.3, 0.4) is 0 Å². The first kappa shape index (κ1) is 12.7. The van der Waals surface area contributed by atoms with Crippen molar-refractivity contribution < 1.29 is 12.8 Å². The number of rotatable bonds is 5. The maximum Gasteiger partial charge on any atom is 0.271 e. The number of furan rings is 1. The van der Waals surface area contributed by atoms with E-state index in [-0.39, 0.29) is 5.09 Å². The normalized spacial score (nSPS) is 11.6. The van der Waals surface area contributed by atoms with E-state index in [1.165, 1.54) is 6.07 Å². The summed E-state index contributed by atoms with van der Waals surface area (Å²) < 4.78 is 27.1. The van der Waals surface area contributed by atoms with E-state index in [1.807, 2.05) is 12.1 Å². The second-order valence-electron chi connectivity index (χ2n) is 3.72. The number of aromatic nitrogens is 1. The fourth-order valence-electron chi connectivity index (χ4n) is 1.44. The zero-order valence-electron chi connectivity index (χ0n) is 9.54. The highest BCUT2D eigenvalue weighted by molar-refractivity contribution is 7.89. The van der Waals surface area contributed by atoms with Crippen molar-refractivity contribution in [1.29, 1.82) is 0 Å². The Kier molecular flexibility index (Phi) is 3.75.